The highest BCUT2D eigenvalue weighted by molar-refractivity contribution is 9.10. The van der Waals surface area contributed by atoms with Crippen molar-refractivity contribution in [3.63, 3.8) is 0 Å². The van der Waals surface area contributed by atoms with E-state index in [4.69, 9.17) is 4.74 Å². The zero-order valence-corrected chi connectivity index (χ0v) is 13.1. The topological polar surface area (TPSA) is 41.5 Å². The van der Waals surface area contributed by atoms with Gasteiger partial charge in [-0.05, 0) is 24.6 Å². The van der Waals surface area contributed by atoms with Gasteiger partial charge in [-0.1, -0.05) is 41.1 Å². The van der Waals surface area contributed by atoms with Crippen molar-refractivity contribution in [2.45, 2.75) is 19.4 Å². The Morgan fingerprint density at radius 1 is 1.25 bits per heavy atom. The van der Waals surface area contributed by atoms with Gasteiger partial charge in [-0.2, -0.15) is 0 Å². The van der Waals surface area contributed by atoms with Crippen LogP contribution in [0.5, 0.6) is 11.5 Å². The van der Waals surface area contributed by atoms with Gasteiger partial charge in [0.15, 0.2) is 0 Å². The minimum Gasteiger partial charge on any atom is -0.508 e. The lowest BCUT2D eigenvalue weighted by Gasteiger charge is -2.20. The van der Waals surface area contributed by atoms with E-state index in [9.17, 15) is 5.11 Å². The first-order valence-corrected chi connectivity index (χ1v) is 7.32. The molecule has 0 amide bonds. The van der Waals surface area contributed by atoms with Crippen LogP contribution >= 0.6 is 15.9 Å². The number of methoxy groups -OCH3 is 1. The molecule has 0 radical (unpaired) electrons. The van der Waals surface area contributed by atoms with Crippen LogP contribution in [0.2, 0.25) is 0 Å². The lowest BCUT2D eigenvalue weighted by Crippen LogP contribution is -2.10. The van der Waals surface area contributed by atoms with Crippen LogP contribution in [0.25, 0.3) is 0 Å². The Morgan fingerprint density at radius 3 is 2.65 bits per heavy atom. The number of nitrogens with one attached hydrogen (secondary N) is 1. The van der Waals surface area contributed by atoms with Gasteiger partial charge in [0, 0.05) is 21.8 Å². The molecule has 0 aromatic heterocycles. The predicted molar refractivity (Wildman–Crippen MR) is 85.5 cm³/mol. The van der Waals surface area contributed by atoms with Gasteiger partial charge in [-0.15, -0.1) is 0 Å². The minimum absolute atomic E-state index is 0.0511. The van der Waals surface area contributed by atoms with Gasteiger partial charge in [-0.3, -0.25) is 0 Å². The van der Waals surface area contributed by atoms with E-state index in [-0.39, 0.29) is 6.04 Å². The Hall–Kier alpha value is -1.68. The average molecular weight is 336 g/mol. The van der Waals surface area contributed by atoms with Gasteiger partial charge in [0.1, 0.15) is 11.5 Å². The molecular formula is C16H18BrNO2. The van der Waals surface area contributed by atoms with Gasteiger partial charge >= 0.3 is 0 Å². The highest BCUT2D eigenvalue weighted by atomic mass is 79.9. The van der Waals surface area contributed by atoms with Crippen molar-refractivity contribution >= 4 is 21.6 Å². The van der Waals surface area contributed by atoms with Crippen molar-refractivity contribution in [1.29, 1.82) is 0 Å². The predicted octanol–water partition coefficient (Wildman–Crippen LogP) is 4.73. The molecule has 4 heteroatoms. The fourth-order valence-corrected chi connectivity index (χ4v) is 2.62. The number of hydrogen-bond donors (Lipinski definition) is 2. The minimum atomic E-state index is 0.0511. The molecule has 20 heavy (non-hydrogen) atoms. The maximum Gasteiger partial charge on any atom is 0.122 e. The molecule has 1 unspecified atom stereocenters. The molecule has 2 N–H and O–H groups in total. The molecule has 0 aliphatic rings. The van der Waals surface area contributed by atoms with E-state index >= 15 is 0 Å². The monoisotopic (exact) mass is 335 g/mol. The summed E-state index contributed by atoms with van der Waals surface area (Å²) in [7, 11) is 1.64. The van der Waals surface area contributed by atoms with Crippen LogP contribution in [0.3, 0.4) is 0 Å². The number of phenolic OH excluding ortho intramolecular Hbond substituents is 1. The number of anilines is 1. The Morgan fingerprint density at radius 2 is 2.00 bits per heavy atom. The standard InChI is InChI=1S/C16H18BrNO2/c1-3-15(14-6-4-5-7-16(14)19)18-12-8-11(17)9-13(10-12)20-2/h4-10,15,18-19H,3H2,1-2H3. The van der Waals surface area contributed by atoms with Crippen LogP contribution in [0.1, 0.15) is 24.9 Å². The summed E-state index contributed by atoms with van der Waals surface area (Å²) in [5, 5.41) is 13.4. The van der Waals surface area contributed by atoms with Gasteiger partial charge in [0.25, 0.3) is 0 Å². The second-order valence-corrected chi connectivity index (χ2v) is 5.46. The summed E-state index contributed by atoms with van der Waals surface area (Å²) in [5.74, 6) is 1.10. The van der Waals surface area contributed by atoms with E-state index in [1.54, 1.807) is 13.2 Å². The number of benzene rings is 2. The fraction of sp³-hybridized carbons (Fsp3) is 0.250. The lowest BCUT2D eigenvalue weighted by atomic mass is 10.0. The van der Waals surface area contributed by atoms with Crippen molar-refractivity contribution in [2.24, 2.45) is 0 Å². The van der Waals surface area contributed by atoms with Gasteiger partial charge in [0.05, 0.1) is 13.2 Å². The Labute approximate surface area is 127 Å². The zero-order chi connectivity index (χ0) is 14.5. The Bertz CT molecular complexity index is 586. The highest BCUT2D eigenvalue weighted by Gasteiger charge is 2.13. The normalized spacial score (nSPS) is 11.9. The first kappa shape index (κ1) is 14.7. The zero-order valence-electron chi connectivity index (χ0n) is 11.6. The molecule has 0 bridgehead atoms. The smallest absolute Gasteiger partial charge is 0.122 e. The van der Waals surface area contributed by atoms with E-state index in [0.717, 1.165) is 27.9 Å². The summed E-state index contributed by atoms with van der Waals surface area (Å²) < 4.78 is 6.21. The van der Waals surface area contributed by atoms with Crippen molar-refractivity contribution in [2.75, 3.05) is 12.4 Å². The molecule has 0 saturated heterocycles. The van der Waals surface area contributed by atoms with Crippen LogP contribution in [0.15, 0.2) is 46.9 Å². The second-order valence-electron chi connectivity index (χ2n) is 4.54. The van der Waals surface area contributed by atoms with Crippen LogP contribution in [-0.4, -0.2) is 12.2 Å². The van der Waals surface area contributed by atoms with Crippen molar-refractivity contribution in [3.05, 3.63) is 52.5 Å². The first-order valence-electron chi connectivity index (χ1n) is 6.53. The molecule has 2 aromatic rings. The highest BCUT2D eigenvalue weighted by Crippen LogP contribution is 2.31. The average Bonchev–Trinajstić information content (AvgIpc) is 2.45. The summed E-state index contributed by atoms with van der Waals surface area (Å²) in [4.78, 5) is 0. The van der Waals surface area contributed by atoms with Crippen LogP contribution in [0, 0.1) is 0 Å². The quantitative estimate of drug-likeness (QED) is 0.830. The largest absolute Gasteiger partial charge is 0.508 e. The van der Waals surface area contributed by atoms with E-state index in [2.05, 4.69) is 28.2 Å². The molecule has 0 aliphatic carbocycles. The summed E-state index contributed by atoms with van der Waals surface area (Å²) in [6.07, 6.45) is 0.867. The molecule has 1 atom stereocenters. The van der Waals surface area contributed by atoms with Crippen molar-refractivity contribution < 1.29 is 9.84 Å². The van der Waals surface area contributed by atoms with Crippen molar-refractivity contribution in [1.82, 2.24) is 0 Å². The molecule has 106 valence electrons. The number of rotatable bonds is 5. The van der Waals surface area contributed by atoms with Crippen LogP contribution < -0.4 is 10.1 Å². The summed E-state index contributed by atoms with van der Waals surface area (Å²) >= 11 is 3.47. The van der Waals surface area contributed by atoms with E-state index < -0.39 is 0 Å². The third kappa shape index (κ3) is 3.45. The molecule has 0 spiro atoms. The number of ether oxygens (including phenoxy) is 1. The lowest BCUT2D eigenvalue weighted by molar-refractivity contribution is 0.414. The van der Waals surface area contributed by atoms with Crippen LogP contribution in [-0.2, 0) is 0 Å². The molecule has 0 saturated carbocycles. The molecule has 0 fully saturated rings. The molecule has 2 aromatic carbocycles. The molecule has 0 heterocycles. The number of para-hydroxylation sites is 1. The Kier molecular flexibility index (Phi) is 4.90. The maximum absolute atomic E-state index is 9.97. The number of hydrogen-bond acceptors (Lipinski definition) is 3. The van der Waals surface area contributed by atoms with Crippen molar-refractivity contribution in [3.8, 4) is 11.5 Å². The van der Waals surface area contributed by atoms with Gasteiger partial charge < -0.3 is 15.2 Å². The number of phenols is 1. The van der Waals surface area contributed by atoms with Gasteiger partial charge in [-0.25, -0.2) is 0 Å². The third-order valence-electron chi connectivity index (χ3n) is 3.17. The second kappa shape index (κ2) is 6.66. The van der Waals surface area contributed by atoms with E-state index in [1.807, 2.05) is 36.4 Å². The first-order chi connectivity index (χ1) is 9.63. The summed E-state index contributed by atoms with van der Waals surface area (Å²) in [6, 6.07) is 13.3. The molecule has 2 rings (SSSR count). The van der Waals surface area contributed by atoms with Gasteiger partial charge in [0.2, 0.25) is 0 Å². The molecule has 0 aliphatic heterocycles. The summed E-state index contributed by atoms with van der Waals surface area (Å²) in [5.41, 5.74) is 1.85. The summed E-state index contributed by atoms with van der Waals surface area (Å²) in [6.45, 7) is 2.08. The van der Waals surface area contributed by atoms with E-state index in [0.29, 0.717) is 5.75 Å². The number of aromatic hydroxyl groups is 1. The SMILES string of the molecule is CCC(Nc1cc(Br)cc(OC)c1)c1ccccc1O. The number of halogens is 1. The fourth-order valence-electron chi connectivity index (χ4n) is 2.15. The third-order valence-corrected chi connectivity index (χ3v) is 3.63. The van der Waals surface area contributed by atoms with Crippen LogP contribution in [0.4, 0.5) is 5.69 Å². The molecular weight excluding hydrogens is 318 g/mol. The Balaban J connectivity index is 2.27. The van der Waals surface area contributed by atoms with E-state index in [1.165, 1.54) is 0 Å². The maximum atomic E-state index is 9.97. The molecule has 3 nitrogen and oxygen atoms in total.